The van der Waals surface area contributed by atoms with Gasteiger partial charge in [-0.15, -0.1) is 9.78 Å². The zero-order chi connectivity index (χ0) is 19.9. The van der Waals surface area contributed by atoms with Crippen molar-refractivity contribution < 1.29 is 26.6 Å². The highest BCUT2D eigenvalue weighted by Crippen LogP contribution is 2.38. The summed E-state index contributed by atoms with van der Waals surface area (Å²) in [6.07, 6.45) is 6.72. The normalized spacial score (nSPS) is 10.6. The van der Waals surface area contributed by atoms with Crippen molar-refractivity contribution in [2.45, 2.75) is 19.9 Å². The SMILES string of the molecule is CC[c+]1n(Cc2cc(OC)c(OC)c(OC)c2)ccn1N=Cc1ccccc1.[Cl-]. The third-order valence-corrected chi connectivity index (χ3v) is 4.51. The first kappa shape index (κ1) is 22.3. The molecule has 0 atom stereocenters. The Hall–Kier alpha value is -2.99. The average molecular weight is 416 g/mol. The molecule has 1 aromatic heterocycles. The second-order valence-electron chi connectivity index (χ2n) is 6.23. The Morgan fingerprint density at radius 1 is 0.966 bits per heavy atom. The first-order chi connectivity index (χ1) is 13.7. The number of nitrogens with zero attached hydrogens (tertiary/aromatic N) is 3. The fourth-order valence-corrected chi connectivity index (χ4v) is 3.15. The first-order valence-corrected chi connectivity index (χ1v) is 9.18. The lowest BCUT2D eigenvalue weighted by Crippen LogP contribution is -3.00. The summed E-state index contributed by atoms with van der Waals surface area (Å²) in [5.41, 5.74) is 2.12. The predicted octanol–water partition coefficient (Wildman–Crippen LogP) is 1.09. The maximum Gasteiger partial charge on any atom is 0.214 e. The van der Waals surface area contributed by atoms with Crippen LogP contribution in [0.3, 0.4) is 0 Å². The topological polar surface area (TPSA) is 49.9 Å². The molecule has 1 heterocycles. The minimum Gasteiger partial charge on any atom is -1.00 e. The van der Waals surface area contributed by atoms with E-state index in [2.05, 4.69) is 16.6 Å². The van der Waals surface area contributed by atoms with Crippen LogP contribution in [0.5, 0.6) is 17.2 Å². The molecule has 7 heteroatoms. The molecule has 0 spiro atoms. The molecule has 3 rings (SSSR count). The Labute approximate surface area is 177 Å². The Morgan fingerprint density at radius 2 is 1.62 bits per heavy atom. The molecule has 0 saturated heterocycles. The zero-order valence-electron chi connectivity index (χ0n) is 17.1. The molecule has 0 radical (unpaired) electrons. The van der Waals surface area contributed by atoms with Crippen molar-refractivity contribution in [2.24, 2.45) is 5.10 Å². The van der Waals surface area contributed by atoms with E-state index in [9.17, 15) is 0 Å². The van der Waals surface area contributed by atoms with Crippen molar-refractivity contribution in [3.05, 3.63) is 71.8 Å². The van der Waals surface area contributed by atoms with Crippen LogP contribution in [0.4, 0.5) is 0 Å². The molecular weight excluding hydrogens is 390 g/mol. The van der Waals surface area contributed by atoms with Crippen LogP contribution >= 0.6 is 0 Å². The highest BCUT2D eigenvalue weighted by Gasteiger charge is 2.17. The van der Waals surface area contributed by atoms with Gasteiger partial charge in [0.1, 0.15) is 0 Å². The number of hydrogen-bond donors (Lipinski definition) is 0. The minimum atomic E-state index is 0. The molecule has 0 saturated carbocycles. The van der Waals surface area contributed by atoms with Crippen molar-refractivity contribution in [3.63, 3.8) is 0 Å². The number of aromatic nitrogens is 2. The van der Waals surface area contributed by atoms with Gasteiger partial charge in [0.25, 0.3) is 0 Å². The number of imidazole rings is 1. The molecule has 0 bridgehead atoms. The molecule has 3 aromatic rings. The van der Waals surface area contributed by atoms with Gasteiger partial charge in [-0.05, 0) is 30.2 Å². The Bertz CT molecular complexity index is 930. The molecule has 0 unspecified atom stereocenters. The molecule has 29 heavy (non-hydrogen) atoms. The molecular formula is C22H26ClN3O3. The average Bonchev–Trinajstić information content (AvgIpc) is 3.13. The minimum absolute atomic E-state index is 0. The molecule has 0 aliphatic rings. The van der Waals surface area contributed by atoms with Crippen molar-refractivity contribution in [3.8, 4) is 17.2 Å². The Kier molecular flexibility index (Phi) is 8.09. The van der Waals surface area contributed by atoms with Crippen LogP contribution in [0.15, 0.2) is 60.0 Å². The number of halogens is 1. The van der Waals surface area contributed by atoms with E-state index in [0.717, 1.165) is 23.4 Å². The summed E-state index contributed by atoms with van der Waals surface area (Å²) in [7, 11) is 4.86. The van der Waals surface area contributed by atoms with Gasteiger partial charge in [0.05, 0.1) is 40.5 Å². The third-order valence-electron chi connectivity index (χ3n) is 4.51. The van der Waals surface area contributed by atoms with Crippen molar-refractivity contribution in [1.29, 1.82) is 0 Å². The smallest absolute Gasteiger partial charge is 0.214 e. The number of ether oxygens (including phenoxy) is 3. The number of benzene rings is 2. The maximum atomic E-state index is 5.46. The number of rotatable bonds is 8. The summed E-state index contributed by atoms with van der Waals surface area (Å²) in [5, 5.41) is 4.61. The van der Waals surface area contributed by atoms with Gasteiger partial charge in [-0.2, -0.15) is 0 Å². The van der Waals surface area contributed by atoms with Crippen LogP contribution in [0.25, 0.3) is 0 Å². The quantitative estimate of drug-likeness (QED) is 0.409. The van der Waals surface area contributed by atoms with E-state index in [1.807, 2.05) is 65.7 Å². The van der Waals surface area contributed by atoms with E-state index in [0.29, 0.717) is 23.8 Å². The lowest BCUT2D eigenvalue weighted by atomic mass is 10.1. The van der Waals surface area contributed by atoms with Gasteiger partial charge < -0.3 is 26.6 Å². The summed E-state index contributed by atoms with van der Waals surface area (Å²) in [6.45, 7) is 2.79. The van der Waals surface area contributed by atoms with Gasteiger partial charge in [-0.1, -0.05) is 30.3 Å². The summed E-state index contributed by atoms with van der Waals surface area (Å²) in [6, 6.07) is 14.0. The van der Waals surface area contributed by atoms with Crippen LogP contribution in [0.1, 0.15) is 23.9 Å². The highest BCUT2D eigenvalue weighted by atomic mass is 35.5. The molecule has 0 N–H and O–H groups in total. The summed E-state index contributed by atoms with van der Waals surface area (Å²) >= 11 is 0. The Balaban J connectivity index is 0.00000300. The van der Waals surface area contributed by atoms with E-state index in [4.69, 9.17) is 14.2 Å². The lowest BCUT2D eigenvalue weighted by Gasteiger charge is -2.14. The van der Waals surface area contributed by atoms with E-state index in [1.54, 1.807) is 21.3 Å². The largest absolute Gasteiger partial charge is 1.00 e. The number of hydrogen-bond acceptors (Lipinski definition) is 4. The van der Waals surface area contributed by atoms with Gasteiger partial charge in [0, 0.05) is 0 Å². The van der Waals surface area contributed by atoms with Crippen LogP contribution in [-0.4, -0.2) is 36.8 Å². The molecule has 154 valence electrons. The van der Waals surface area contributed by atoms with Crippen molar-refractivity contribution >= 4 is 6.21 Å². The van der Waals surface area contributed by atoms with E-state index in [1.165, 1.54) is 0 Å². The summed E-state index contributed by atoms with van der Waals surface area (Å²) < 4.78 is 20.4. The van der Waals surface area contributed by atoms with Crippen LogP contribution in [0.2, 0.25) is 0 Å². The predicted molar refractivity (Wildman–Crippen MR) is 111 cm³/mol. The van der Waals surface area contributed by atoms with Crippen LogP contribution < -0.4 is 26.6 Å². The standard InChI is InChI=1S/C22H26N3O3.ClH/c1-5-21-24(11-12-25(21)23-15-17-9-7-6-8-10-17)16-18-13-19(26-2)22(28-4)20(14-18)27-3;/h6-15H,5,16H2,1-4H3;1H/q+1;/p-1. The zero-order valence-corrected chi connectivity index (χ0v) is 17.9. The van der Waals surface area contributed by atoms with E-state index in [-0.39, 0.29) is 12.4 Å². The molecule has 6 nitrogen and oxygen atoms in total. The van der Waals surface area contributed by atoms with Gasteiger partial charge in [-0.3, -0.25) is 0 Å². The fourth-order valence-electron chi connectivity index (χ4n) is 3.15. The molecule has 0 fully saturated rings. The second-order valence-corrected chi connectivity index (χ2v) is 6.23. The van der Waals surface area contributed by atoms with Crippen LogP contribution in [-0.2, 0) is 13.0 Å². The second kappa shape index (κ2) is 10.5. The monoisotopic (exact) mass is 415 g/mol. The number of methoxy groups -OCH3 is 3. The summed E-state index contributed by atoms with van der Waals surface area (Å²) in [5.74, 6) is 2.99. The van der Waals surface area contributed by atoms with Gasteiger partial charge in [0.15, 0.2) is 23.9 Å². The summed E-state index contributed by atoms with van der Waals surface area (Å²) in [4.78, 5) is 0. The lowest BCUT2D eigenvalue weighted by molar-refractivity contribution is -0.00000655. The molecule has 0 aliphatic heterocycles. The Morgan fingerprint density at radius 3 is 2.17 bits per heavy atom. The molecule has 0 amide bonds. The van der Waals surface area contributed by atoms with Gasteiger partial charge in [0.2, 0.25) is 11.6 Å². The maximum absolute atomic E-state index is 5.46. The van der Waals surface area contributed by atoms with Gasteiger partial charge in [-0.25, -0.2) is 4.57 Å². The van der Waals surface area contributed by atoms with E-state index >= 15 is 0 Å². The fraction of sp³-hybridized carbons (Fsp3) is 0.273. The van der Waals surface area contributed by atoms with Crippen molar-refractivity contribution in [2.75, 3.05) is 21.3 Å². The molecule has 0 aliphatic carbocycles. The van der Waals surface area contributed by atoms with Crippen LogP contribution in [0, 0.1) is 0 Å². The van der Waals surface area contributed by atoms with Gasteiger partial charge >= 0.3 is 0 Å². The van der Waals surface area contributed by atoms with E-state index < -0.39 is 0 Å². The molecule has 2 aromatic carbocycles. The first-order valence-electron chi connectivity index (χ1n) is 9.18. The third kappa shape index (κ3) is 5.09. The highest BCUT2D eigenvalue weighted by molar-refractivity contribution is 5.79. The van der Waals surface area contributed by atoms with Crippen molar-refractivity contribution in [1.82, 2.24) is 9.24 Å².